The van der Waals surface area contributed by atoms with Crippen molar-refractivity contribution in [1.29, 1.82) is 0 Å². The van der Waals surface area contributed by atoms with E-state index in [4.69, 9.17) is 0 Å². The first-order chi connectivity index (χ1) is 17.9. The fraction of sp³-hybridized carbons (Fsp3) is 0.519. The second-order valence-electron chi connectivity index (χ2n) is 11.2. The van der Waals surface area contributed by atoms with Crippen LogP contribution in [-0.2, 0) is 23.1 Å². The highest BCUT2D eigenvalue weighted by molar-refractivity contribution is 7.92. The second kappa shape index (κ2) is 9.66. The number of aryl methyl sites for hydroxylation is 1. The van der Waals surface area contributed by atoms with Crippen molar-refractivity contribution >= 4 is 21.5 Å². The van der Waals surface area contributed by atoms with Crippen LogP contribution in [0.15, 0.2) is 47.8 Å². The fourth-order valence-electron chi connectivity index (χ4n) is 5.92. The number of nitrogens with zero attached hydrogens (tertiary/aromatic N) is 4. The average molecular weight is 548 g/mol. The third-order valence-corrected chi connectivity index (χ3v) is 10.4. The summed E-state index contributed by atoms with van der Waals surface area (Å²) in [5, 5.41) is 6.46. The molecule has 2 aromatic heterocycles. The molecule has 2 aliphatic carbocycles. The van der Waals surface area contributed by atoms with Crippen LogP contribution in [-0.4, -0.2) is 33.4 Å². The minimum absolute atomic E-state index is 0.0367. The molecular weight excluding hydrogens is 515 g/mol. The fourth-order valence-corrected chi connectivity index (χ4v) is 7.96. The molecule has 7 nitrogen and oxygen atoms in total. The van der Waals surface area contributed by atoms with E-state index in [9.17, 15) is 21.6 Å². The molecule has 1 N–H and O–H groups in total. The zero-order valence-corrected chi connectivity index (χ0v) is 22.5. The summed E-state index contributed by atoms with van der Waals surface area (Å²) < 4.78 is 68.5. The van der Waals surface area contributed by atoms with Gasteiger partial charge in [-0.3, -0.25) is 4.68 Å². The number of nitrogens with one attached hydrogen (secondary N) is 1. The molecule has 2 heterocycles. The van der Waals surface area contributed by atoms with Gasteiger partial charge in [0.05, 0.1) is 22.0 Å². The minimum Gasteiger partial charge on any atom is -0.324 e. The Morgan fingerprint density at radius 2 is 1.74 bits per heavy atom. The Hall–Kier alpha value is -2.95. The van der Waals surface area contributed by atoms with Crippen LogP contribution in [0.1, 0.15) is 57.9 Å². The van der Waals surface area contributed by atoms with Gasteiger partial charge in [-0.05, 0) is 80.0 Å². The van der Waals surface area contributed by atoms with Crippen LogP contribution in [0.25, 0.3) is 11.3 Å². The highest BCUT2D eigenvalue weighted by Gasteiger charge is 2.51. The molecule has 0 saturated heterocycles. The lowest BCUT2D eigenvalue weighted by Crippen LogP contribution is -2.47. The van der Waals surface area contributed by atoms with Gasteiger partial charge in [0.25, 0.3) is 0 Å². The van der Waals surface area contributed by atoms with Crippen LogP contribution in [0.5, 0.6) is 0 Å². The molecule has 38 heavy (non-hydrogen) atoms. The monoisotopic (exact) mass is 547 g/mol. The minimum atomic E-state index is -4.63. The molecule has 2 fully saturated rings. The molecule has 3 aromatic rings. The molecule has 1 aromatic carbocycles. The number of aromatic nitrogens is 4. The SMILES string of the molecule is CC(C)C1CCC2(CC1)CC(S(=O)(=O)c1ccc(Nc3ncc(C(F)(F)F)c(-c4cnn(C)c4)n3)cc1)C2. The maximum absolute atomic E-state index is 13.5. The van der Waals surface area contributed by atoms with Crippen molar-refractivity contribution in [2.75, 3.05) is 5.32 Å². The Balaban J connectivity index is 1.28. The molecule has 0 atom stereocenters. The number of hydrogen-bond donors (Lipinski definition) is 1. The van der Waals surface area contributed by atoms with Crippen molar-refractivity contribution in [3.63, 3.8) is 0 Å². The number of sulfone groups is 1. The summed E-state index contributed by atoms with van der Waals surface area (Å²) in [5.74, 6) is 1.38. The molecule has 204 valence electrons. The molecule has 1 spiro atoms. The van der Waals surface area contributed by atoms with E-state index >= 15 is 0 Å². The van der Waals surface area contributed by atoms with Gasteiger partial charge in [-0.2, -0.15) is 18.3 Å². The Morgan fingerprint density at radius 1 is 1.08 bits per heavy atom. The van der Waals surface area contributed by atoms with Gasteiger partial charge in [0, 0.05) is 30.7 Å². The molecule has 5 rings (SSSR count). The van der Waals surface area contributed by atoms with Gasteiger partial charge in [-0.25, -0.2) is 18.4 Å². The van der Waals surface area contributed by atoms with Crippen molar-refractivity contribution in [2.24, 2.45) is 24.3 Å². The first-order valence-electron chi connectivity index (χ1n) is 12.9. The van der Waals surface area contributed by atoms with Gasteiger partial charge in [-0.1, -0.05) is 13.8 Å². The summed E-state index contributed by atoms with van der Waals surface area (Å²) in [5.41, 5.74) is -0.394. The smallest absolute Gasteiger partial charge is 0.324 e. The van der Waals surface area contributed by atoms with Crippen LogP contribution >= 0.6 is 0 Å². The number of alkyl halides is 3. The summed E-state index contributed by atoms with van der Waals surface area (Å²) in [6, 6.07) is 6.23. The van der Waals surface area contributed by atoms with Crippen molar-refractivity contribution in [1.82, 2.24) is 19.7 Å². The van der Waals surface area contributed by atoms with Gasteiger partial charge in [0.2, 0.25) is 5.95 Å². The normalized spacial score (nSPS) is 24.0. The highest BCUT2D eigenvalue weighted by Crippen LogP contribution is 2.56. The molecule has 0 amide bonds. The largest absolute Gasteiger partial charge is 0.419 e. The van der Waals surface area contributed by atoms with Crippen LogP contribution in [0, 0.1) is 17.3 Å². The topological polar surface area (TPSA) is 89.8 Å². The molecule has 0 bridgehead atoms. The Labute approximate surface area is 220 Å². The van der Waals surface area contributed by atoms with Gasteiger partial charge in [-0.15, -0.1) is 0 Å². The number of anilines is 2. The van der Waals surface area contributed by atoms with Crippen LogP contribution < -0.4 is 5.32 Å². The van der Waals surface area contributed by atoms with E-state index < -0.39 is 21.6 Å². The van der Waals surface area contributed by atoms with Gasteiger partial charge in [0.1, 0.15) is 5.56 Å². The maximum atomic E-state index is 13.5. The van der Waals surface area contributed by atoms with E-state index in [0.29, 0.717) is 11.6 Å². The predicted octanol–water partition coefficient (Wildman–Crippen LogP) is 6.41. The lowest BCUT2D eigenvalue weighted by molar-refractivity contribution is -0.137. The summed E-state index contributed by atoms with van der Waals surface area (Å²) in [6.45, 7) is 4.52. The number of benzene rings is 1. The first kappa shape index (κ1) is 26.6. The van der Waals surface area contributed by atoms with Gasteiger partial charge in [0.15, 0.2) is 9.84 Å². The Bertz CT molecular complexity index is 1400. The van der Waals surface area contributed by atoms with E-state index in [-0.39, 0.29) is 32.8 Å². The average Bonchev–Trinajstić information content (AvgIpc) is 3.28. The van der Waals surface area contributed by atoms with Crippen molar-refractivity contribution < 1.29 is 21.6 Å². The first-order valence-corrected chi connectivity index (χ1v) is 14.5. The summed E-state index contributed by atoms with van der Waals surface area (Å²) >= 11 is 0. The Kier molecular flexibility index (Phi) is 6.77. The zero-order chi connectivity index (χ0) is 27.3. The van der Waals surface area contributed by atoms with E-state index in [1.807, 2.05) is 0 Å². The third-order valence-electron chi connectivity index (χ3n) is 8.31. The molecule has 2 aliphatic rings. The standard InChI is InChI=1S/C27H32F3N5O2S/c1-17(2)18-8-10-26(11-9-18)12-22(13-26)38(36,37)21-6-4-20(5-7-21)33-25-31-15-23(27(28,29)30)24(34-25)19-14-32-35(3)16-19/h4-7,14-18,22H,8-13H2,1-3H3,(H,31,33,34). The van der Waals surface area contributed by atoms with Crippen molar-refractivity contribution in [3.05, 3.63) is 48.4 Å². The van der Waals surface area contributed by atoms with Gasteiger partial charge >= 0.3 is 6.18 Å². The van der Waals surface area contributed by atoms with Crippen LogP contribution in [0.4, 0.5) is 24.8 Å². The molecule has 0 aliphatic heterocycles. The van der Waals surface area contributed by atoms with E-state index in [1.54, 1.807) is 19.2 Å². The lowest BCUT2D eigenvalue weighted by atomic mass is 9.58. The zero-order valence-electron chi connectivity index (χ0n) is 21.7. The molecule has 0 radical (unpaired) electrons. The quantitative estimate of drug-likeness (QED) is 0.384. The molecule has 2 saturated carbocycles. The maximum Gasteiger partial charge on any atom is 0.419 e. The molecule has 0 unspecified atom stereocenters. The van der Waals surface area contributed by atoms with E-state index in [1.165, 1.54) is 42.0 Å². The number of halogens is 3. The Morgan fingerprint density at radius 3 is 2.29 bits per heavy atom. The highest BCUT2D eigenvalue weighted by atomic mass is 32.2. The van der Waals surface area contributed by atoms with E-state index in [2.05, 4.69) is 34.2 Å². The van der Waals surface area contributed by atoms with Crippen molar-refractivity contribution in [2.45, 2.75) is 68.7 Å². The van der Waals surface area contributed by atoms with Crippen molar-refractivity contribution in [3.8, 4) is 11.3 Å². The number of hydrogen-bond acceptors (Lipinski definition) is 6. The predicted molar refractivity (Wildman–Crippen MR) is 138 cm³/mol. The van der Waals surface area contributed by atoms with Crippen LogP contribution in [0.3, 0.4) is 0 Å². The summed E-state index contributed by atoms with van der Waals surface area (Å²) in [4.78, 5) is 8.18. The second-order valence-corrected chi connectivity index (χ2v) is 13.4. The summed E-state index contributed by atoms with van der Waals surface area (Å²) in [7, 11) is -1.85. The number of rotatable bonds is 6. The van der Waals surface area contributed by atoms with Crippen LogP contribution in [0.2, 0.25) is 0 Å². The molecule has 11 heteroatoms. The molecular formula is C27H32F3N5O2S. The lowest BCUT2D eigenvalue weighted by Gasteiger charge is -2.51. The summed E-state index contributed by atoms with van der Waals surface area (Å²) in [6.07, 6.45) is 4.87. The van der Waals surface area contributed by atoms with Gasteiger partial charge < -0.3 is 5.32 Å². The third kappa shape index (κ3) is 5.17. The van der Waals surface area contributed by atoms with E-state index in [0.717, 1.165) is 37.8 Å².